The van der Waals surface area contributed by atoms with Crippen molar-refractivity contribution in [3.8, 4) is 5.75 Å². The third kappa shape index (κ3) is 1.19. The monoisotopic (exact) mass is 241 g/mol. The Balaban J connectivity index is 2.85. The highest BCUT2D eigenvalue weighted by atomic mass is 79.9. The number of ether oxygens (including phenoxy) is 1. The van der Waals surface area contributed by atoms with E-state index >= 15 is 0 Å². The lowest BCUT2D eigenvalue weighted by molar-refractivity contribution is 0.416. The largest absolute Gasteiger partial charge is 0.493 e. The number of hydrogen-bond acceptors (Lipinski definition) is 3. The van der Waals surface area contributed by atoms with Crippen LogP contribution in [0.4, 0.5) is 0 Å². The molecule has 0 fully saturated rings. The Bertz CT molecular complexity index is 452. The van der Waals surface area contributed by atoms with E-state index in [1.165, 1.54) is 0 Å². The molecule has 0 amide bonds. The third-order valence-corrected chi connectivity index (χ3v) is 2.52. The van der Waals surface area contributed by atoms with E-state index in [0.29, 0.717) is 0 Å². The standard InChI is InChI=1S/C8H8BrN3O/c1-12-6-4-3-5(9)8(13-2)7(6)10-11-12/h3-4H,1-2H3. The number of benzene rings is 1. The first-order valence-corrected chi connectivity index (χ1v) is 4.55. The first kappa shape index (κ1) is 8.50. The average molecular weight is 242 g/mol. The average Bonchev–Trinajstić information content (AvgIpc) is 2.48. The van der Waals surface area contributed by atoms with E-state index in [1.54, 1.807) is 11.8 Å². The van der Waals surface area contributed by atoms with Crippen LogP contribution >= 0.6 is 15.9 Å². The SMILES string of the molecule is COc1c(Br)ccc2c1nnn2C. The molecule has 4 nitrogen and oxygen atoms in total. The van der Waals surface area contributed by atoms with Crippen molar-refractivity contribution in [1.82, 2.24) is 15.0 Å². The molecule has 0 N–H and O–H groups in total. The van der Waals surface area contributed by atoms with E-state index in [4.69, 9.17) is 4.74 Å². The van der Waals surface area contributed by atoms with Crippen molar-refractivity contribution in [2.75, 3.05) is 7.11 Å². The number of nitrogens with zero attached hydrogens (tertiary/aromatic N) is 3. The molecule has 0 bridgehead atoms. The van der Waals surface area contributed by atoms with Crippen molar-refractivity contribution in [2.45, 2.75) is 0 Å². The van der Waals surface area contributed by atoms with Gasteiger partial charge in [-0.3, -0.25) is 0 Å². The van der Waals surface area contributed by atoms with Crippen LogP contribution in [0.25, 0.3) is 11.0 Å². The van der Waals surface area contributed by atoms with Gasteiger partial charge in [-0.2, -0.15) is 0 Å². The van der Waals surface area contributed by atoms with Crippen molar-refractivity contribution in [2.24, 2.45) is 7.05 Å². The molecule has 0 atom stereocenters. The van der Waals surface area contributed by atoms with Gasteiger partial charge in [-0.05, 0) is 28.1 Å². The normalized spacial score (nSPS) is 10.7. The van der Waals surface area contributed by atoms with Gasteiger partial charge in [0.25, 0.3) is 0 Å². The number of methoxy groups -OCH3 is 1. The Morgan fingerprint density at radius 3 is 2.92 bits per heavy atom. The maximum atomic E-state index is 5.21. The van der Waals surface area contributed by atoms with Gasteiger partial charge in [0.1, 0.15) is 0 Å². The van der Waals surface area contributed by atoms with Crippen LogP contribution < -0.4 is 4.74 Å². The fourth-order valence-corrected chi connectivity index (χ4v) is 1.73. The molecular formula is C8H8BrN3O. The Kier molecular flexibility index (Phi) is 1.95. The second kappa shape index (κ2) is 2.99. The minimum Gasteiger partial charge on any atom is -0.493 e. The van der Waals surface area contributed by atoms with Crippen LogP contribution in [-0.2, 0) is 7.05 Å². The highest BCUT2D eigenvalue weighted by molar-refractivity contribution is 9.10. The molecule has 0 saturated carbocycles. The van der Waals surface area contributed by atoms with Crippen molar-refractivity contribution in [3.63, 3.8) is 0 Å². The lowest BCUT2D eigenvalue weighted by Gasteiger charge is -2.02. The Labute approximate surface area is 83.6 Å². The first-order chi connectivity index (χ1) is 6.24. The summed E-state index contributed by atoms with van der Waals surface area (Å²) in [5.74, 6) is 0.727. The zero-order valence-electron chi connectivity index (χ0n) is 7.28. The van der Waals surface area contributed by atoms with Gasteiger partial charge < -0.3 is 4.74 Å². The van der Waals surface area contributed by atoms with Crippen LogP contribution in [0.1, 0.15) is 0 Å². The number of fused-ring (bicyclic) bond motifs is 1. The number of rotatable bonds is 1. The highest BCUT2D eigenvalue weighted by Gasteiger charge is 2.10. The van der Waals surface area contributed by atoms with Crippen LogP contribution in [-0.4, -0.2) is 22.1 Å². The second-order valence-electron chi connectivity index (χ2n) is 2.66. The van der Waals surface area contributed by atoms with Gasteiger partial charge in [0, 0.05) is 7.05 Å². The zero-order valence-corrected chi connectivity index (χ0v) is 8.87. The second-order valence-corrected chi connectivity index (χ2v) is 3.52. The predicted molar refractivity (Wildman–Crippen MR) is 52.8 cm³/mol. The summed E-state index contributed by atoms with van der Waals surface area (Å²) in [5.41, 5.74) is 1.74. The Hall–Kier alpha value is -1.10. The summed E-state index contributed by atoms with van der Waals surface area (Å²) in [6, 6.07) is 3.87. The van der Waals surface area contributed by atoms with E-state index < -0.39 is 0 Å². The highest BCUT2D eigenvalue weighted by Crippen LogP contribution is 2.31. The lowest BCUT2D eigenvalue weighted by Crippen LogP contribution is -1.89. The fraction of sp³-hybridized carbons (Fsp3) is 0.250. The molecule has 5 heteroatoms. The van der Waals surface area contributed by atoms with Crippen molar-refractivity contribution < 1.29 is 4.74 Å². The van der Waals surface area contributed by atoms with Gasteiger partial charge in [-0.25, -0.2) is 4.68 Å². The van der Waals surface area contributed by atoms with Gasteiger partial charge >= 0.3 is 0 Å². The van der Waals surface area contributed by atoms with Crippen LogP contribution in [0.15, 0.2) is 16.6 Å². The summed E-state index contributed by atoms with van der Waals surface area (Å²) in [4.78, 5) is 0. The molecule has 2 rings (SSSR count). The third-order valence-electron chi connectivity index (χ3n) is 1.89. The van der Waals surface area contributed by atoms with Crippen molar-refractivity contribution in [3.05, 3.63) is 16.6 Å². The predicted octanol–water partition coefficient (Wildman–Crippen LogP) is 1.74. The molecule has 0 saturated heterocycles. The molecule has 0 aliphatic heterocycles. The molecule has 68 valence electrons. The molecule has 0 spiro atoms. The molecule has 0 aliphatic rings. The van der Waals surface area contributed by atoms with Crippen molar-refractivity contribution >= 4 is 27.0 Å². The molecule has 2 aromatic rings. The number of halogens is 1. The van der Waals surface area contributed by atoms with E-state index in [1.807, 2.05) is 19.2 Å². The molecule has 13 heavy (non-hydrogen) atoms. The molecule has 1 aromatic heterocycles. The number of hydrogen-bond donors (Lipinski definition) is 0. The van der Waals surface area contributed by atoms with E-state index in [-0.39, 0.29) is 0 Å². The molecule has 1 heterocycles. The number of aromatic nitrogens is 3. The molecule has 0 aliphatic carbocycles. The summed E-state index contributed by atoms with van der Waals surface area (Å²) in [5, 5.41) is 7.92. The molecule has 1 aromatic carbocycles. The lowest BCUT2D eigenvalue weighted by atomic mass is 10.3. The number of aryl methyl sites for hydroxylation is 1. The minimum atomic E-state index is 0.727. The Morgan fingerprint density at radius 2 is 2.23 bits per heavy atom. The molecule has 0 unspecified atom stereocenters. The van der Waals surface area contributed by atoms with Crippen molar-refractivity contribution in [1.29, 1.82) is 0 Å². The maximum Gasteiger partial charge on any atom is 0.162 e. The van der Waals surface area contributed by atoms with Gasteiger partial charge in [-0.15, -0.1) is 5.10 Å². The maximum absolute atomic E-state index is 5.21. The molecule has 0 radical (unpaired) electrons. The summed E-state index contributed by atoms with van der Waals surface area (Å²) >= 11 is 3.38. The van der Waals surface area contributed by atoms with Crippen LogP contribution in [0.5, 0.6) is 5.75 Å². The zero-order chi connectivity index (χ0) is 9.42. The quantitative estimate of drug-likeness (QED) is 0.764. The van der Waals surface area contributed by atoms with Gasteiger partial charge in [0.2, 0.25) is 0 Å². The van der Waals surface area contributed by atoms with Crippen LogP contribution in [0, 0.1) is 0 Å². The summed E-state index contributed by atoms with van der Waals surface area (Å²) in [7, 11) is 3.47. The summed E-state index contributed by atoms with van der Waals surface area (Å²) in [6.07, 6.45) is 0. The topological polar surface area (TPSA) is 39.9 Å². The summed E-state index contributed by atoms with van der Waals surface area (Å²) < 4.78 is 7.81. The summed E-state index contributed by atoms with van der Waals surface area (Å²) in [6.45, 7) is 0. The van der Waals surface area contributed by atoms with Gasteiger partial charge in [0.05, 0.1) is 17.1 Å². The first-order valence-electron chi connectivity index (χ1n) is 3.76. The van der Waals surface area contributed by atoms with E-state index in [0.717, 1.165) is 21.3 Å². The van der Waals surface area contributed by atoms with E-state index in [9.17, 15) is 0 Å². The van der Waals surface area contributed by atoms with Gasteiger partial charge in [0.15, 0.2) is 11.3 Å². The minimum absolute atomic E-state index is 0.727. The van der Waals surface area contributed by atoms with Crippen LogP contribution in [0.2, 0.25) is 0 Å². The fourth-order valence-electron chi connectivity index (χ4n) is 1.25. The van der Waals surface area contributed by atoms with E-state index in [2.05, 4.69) is 26.2 Å². The smallest absolute Gasteiger partial charge is 0.162 e. The van der Waals surface area contributed by atoms with Crippen LogP contribution in [0.3, 0.4) is 0 Å². The Morgan fingerprint density at radius 1 is 1.46 bits per heavy atom. The van der Waals surface area contributed by atoms with Gasteiger partial charge in [-0.1, -0.05) is 5.21 Å². The molecular weight excluding hydrogens is 234 g/mol.